The van der Waals surface area contributed by atoms with Gasteiger partial charge in [-0.15, -0.1) is 0 Å². The lowest BCUT2D eigenvalue weighted by Crippen LogP contribution is -2.50. The second kappa shape index (κ2) is 7.55. The number of rotatable bonds is 3. The molecule has 4 atom stereocenters. The molecule has 1 amide bonds. The zero-order chi connectivity index (χ0) is 18.1. The molecule has 0 radical (unpaired) electrons. The van der Waals surface area contributed by atoms with E-state index in [0.29, 0.717) is 24.0 Å². The Morgan fingerprint density at radius 1 is 1.12 bits per heavy atom. The Hall–Kier alpha value is -1.63. The number of anilines is 1. The molecule has 2 aliphatic heterocycles. The number of hydrogen-bond acceptors (Lipinski definition) is 5. The van der Waals surface area contributed by atoms with Gasteiger partial charge >= 0.3 is 0 Å². The average Bonchev–Trinajstić information content (AvgIpc) is 3.12. The number of carbonyl (C=O) groups excluding carboxylic acids is 1. The number of likely N-dealkylation sites (tertiary alicyclic amines) is 1. The number of aryl methyl sites for hydroxylation is 2. The van der Waals surface area contributed by atoms with Crippen LogP contribution in [0.15, 0.2) is 18.2 Å². The van der Waals surface area contributed by atoms with E-state index >= 15 is 0 Å². The summed E-state index contributed by atoms with van der Waals surface area (Å²) >= 11 is 0. The molecule has 4 unspecified atom stereocenters. The fourth-order valence-electron chi connectivity index (χ4n) is 4.57. The van der Waals surface area contributed by atoms with Gasteiger partial charge in [0.25, 0.3) is 0 Å². The number of hydrogen-bond donors (Lipinski definition) is 4. The van der Waals surface area contributed by atoms with E-state index in [1.54, 1.807) is 0 Å². The first-order valence-electron chi connectivity index (χ1n) is 9.99. The summed E-state index contributed by atoms with van der Waals surface area (Å²) in [7, 11) is 0. The van der Waals surface area contributed by atoms with Gasteiger partial charge in [-0.25, -0.2) is 10.9 Å². The molecule has 1 aliphatic carbocycles. The van der Waals surface area contributed by atoms with E-state index < -0.39 is 0 Å². The Balaban J connectivity index is 1.35. The van der Waals surface area contributed by atoms with Crippen LogP contribution in [0.1, 0.15) is 43.2 Å². The number of nitrogens with one attached hydrogen (secondary N) is 4. The van der Waals surface area contributed by atoms with Crippen LogP contribution in [0, 0.1) is 19.8 Å². The zero-order valence-corrected chi connectivity index (χ0v) is 15.8. The lowest BCUT2D eigenvalue weighted by Gasteiger charge is -2.38. The SMILES string of the molecule is Cc1ccc(NC2CCCN(C(=O)C3CCC4NNNC4C3)C2)cc1C. The Kier molecular flexibility index (Phi) is 5.16. The van der Waals surface area contributed by atoms with Crippen LogP contribution in [0.5, 0.6) is 0 Å². The largest absolute Gasteiger partial charge is 0.381 e. The van der Waals surface area contributed by atoms with Crippen LogP contribution in [0.2, 0.25) is 0 Å². The molecule has 1 aromatic carbocycles. The first-order valence-corrected chi connectivity index (χ1v) is 9.99. The van der Waals surface area contributed by atoms with Gasteiger partial charge in [0.1, 0.15) is 0 Å². The van der Waals surface area contributed by atoms with E-state index in [0.717, 1.165) is 45.2 Å². The van der Waals surface area contributed by atoms with E-state index in [9.17, 15) is 4.79 Å². The molecule has 2 saturated heterocycles. The van der Waals surface area contributed by atoms with Crippen molar-refractivity contribution < 1.29 is 4.79 Å². The molecule has 26 heavy (non-hydrogen) atoms. The third kappa shape index (κ3) is 3.72. The van der Waals surface area contributed by atoms with Gasteiger partial charge < -0.3 is 10.2 Å². The third-order valence-corrected chi connectivity index (χ3v) is 6.33. The van der Waals surface area contributed by atoms with E-state index in [-0.39, 0.29) is 5.92 Å². The lowest BCUT2D eigenvalue weighted by atomic mass is 9.82. The van der Waals surface area contributed by atoms with Crippen LogP contribution < -0.4 is 21.7 Å². The van der Waals surface area contributed by atoms with E-state index in [2.05, 4.69) is 58.6 Å². The minimum Gasteiger partial charge on any atom is -0.381 e. The summed E-state index contributed by atoms with van der Waals surface area (Å²) in [6, 6.07) is 7.70. The highest BCUT2D eigenvalue weighted by atomic mass is 16.2. The molecular formula is C20H31N5O. The second-order valence-corrected chi connectivity index (χ2v) is 8.20. The predicted octanol–water partition coefficient (Wildman–Crippen LogP) is 1.86. The standard InChI is InChI=1S/C20H31N5O/c1-13-5-7-16(10-14(13)2)21-17-4-3-9-25(12-17)20(26)15-6-8-18-19(11-15)23-24-22-18/h5,7,10,15,17-19,21-24H,3-4,6,8-9,11-12H2,1-2H3. The number of nitrogens with zero attached hydrogens (tertiary/aromatic N) is 1. The van der Waals surface area contributed by atoms with E-state index in [4.69, 9.17) is 0 Å². The molecule has 1 aromatic rings. The van der Waals surface area contributed by atoms with Crippen LogP contribution in [0.4, 0.5) is 5.69 Å². The quantitative estimate of drug-likeness (QED) is 0.665. The number of fused-ring (bicyclic) bond motifs is 1. The summed E-state index contributed by atoms with van der Waals surface area (Å²) in [4.78, 5) is 15.2. The van der Waals surface area contributed by atoms with Gasteiger partial charge in [0.2, 0.25) is 5.91 Å². The Morgan fingerprint density at radius 3 is 2.81 bits per heavy atom. The molecule has 6 nitrogen and oxygen atoms in total. The lowest BCUT2D eigenvalue weighted by molar-refractivity contribution is -0.138. The fraction of sp³-hybridized carbons (Fsp3) is 0.650. The normalized spacial score (nSPS) is 31.5. The van der Waals surface area contributed by atoms with Crippen molar-refractivity contribution in [1.82, 2.24) is 21.3 Å². The van der Waals surface area contributed by atoms with Crippen molar-refractivity contribution in [3.05, 3.63) is 29.3 Å². The number of piperidine rings is 1. The van der Waals surface area contributed by atoms with Crippen LogP contribution in [0.25, 0.3) is 0 Å². The highest BCUT2D eigenvalue weighted by Gasteiger charge is 2.38. The molecule has 0 bridgehead atoms. The Morgan fingerprint density at radius 2 is 1.96 bits per heavy atom. The monoisotopic (exact) mass is 357 g/mol. The summed E-state index contributed by atoms with van der Waals surface area (Å²) in [5.74, 6) is 0.509. The Bertz CT molecular complexity index is 664. The van der Waals surface area contributed by atoms with Gasteiger partial charge in [-0.3, -0.25) is 4.79 Å². The van der Waals surface area contributed by atoms with Crippen molar-refractivity contribution in [2.45, 2.75) is 64.1 Å². The second-order valence-electron chi connectivity index (χ2n) is 8.20. The maximum absolute atomic E-state index is 13.1. The van der Waals surface area contributed by atoms with Gasteiger partial charge in [0, 0.05) is 42.8 Å². The summed E-state index contributed by atoms with van der Waals surface area (Å²) in [6.07, 6.45) is 5.17. The van der Waals surface area contributed by atoms with Crippen molar-refractivity contribution in [1.29, 1.82) is 0 Å². The number of amides is 1. The summed E-state index contributed by atoms with van der Waals surface area (Å²) in [5.41, 5.74) is 13.3. The topological polar surface area (TPSA) is 68.4 Å². The molecule has 1 saturated carbocycles. The highest BCUT2D eigenvalue weighted by Crippen LogP contribution is 2.29. The van der Waals surface area contributed by atoms with Gasteiger partial charge in [0.15, 0.2) is 0 Å². The van der Waals surface area contributed by atoms with Gasteiger partial charge in [-0.05, 0) is 69.2 Å². The van der Waals surface area contributed by atoms with Crippen LogP contribution in [-0.2, 0) is 4.79 Å². The Labute approximate surface area is 156 Å². The average molecular weight is 358 g/mol. The molecular weight excluding hydrogens is 326 g/mol. The van der Waals surface area contributed by atoms with Crippen molar-refractivity contribution in [2.24, 2.45) is 5.92 Å². The fourth-order valence-corrected chi connectivity index (χ4v) is 4.57. The molecule has 142 valence electrons. The molecule has 4 N–H and O–H groups in total. The zero-order valence-electron chi connectivity index (χ0n) is 15.8. The minimum absolute atomic E-state index is 0.158. The molecule has 4 rings (SSSR count). The highest BCUT2D eigenvalue weighted by molar-refractivity contribution is 5.79. The molecule has 0 aromatic heterocycles. The minimum atomic E-state index is 0.158. The van der Waals surface area contributed by atoms with Gasteiger partial charge in [-0.1, -0.05) is 6.07 Å². The first kappa shape index (κ1) is 17.8. The molecule has 0 spiro atoms. The predicted molar refractivity (Wildman–Crippen MR) is 103 cm³/mol. The first-order chi connectivity index (χ1) is 12.6. The van der Waals surface area contributed by atoms with Gasteiger partial charge in [0.05, 0.1) is 0 Å². The molecule has 3 fully saturated rings. The van der Waals surface area contributed by atoms with Crippen molar-refractivity contribution >= 4 is 11.6 Å². The smallest absolute Gasteiger partial charge is 0.225 e. The summed E-state index contributed by atoms with van der Waals surface area (Å²) < 4.78 is 0. The third-order valence-electron chi connectivity index (χ3n) is 6.33. The number of carbonyl (C=O) groups is 1. The van der Waals surface area contributed by atoms with Crippen molar-refractivity contribution in [2.75, 3.05) is 18.4 Å². The molecule has 3 aliphatic rings. The van der Waals surface area contributed by atoms with E-state index in [1.807, 2.05) is 0 Å². The van der Waals surface area contributed by atoms with Crippen LogP contribution in [0.3, 0.4) is 0 Å². The molecule has 2 heterocycles. The maximum Gasteiger partial charge on any atom is 0.225 e. The van der Waals surface area contributed by atoms with Crippen molar-refractivity contribution in [3.8, 4) is 0 Å². The molecule has 6 heteroatoms. The van der Waals surface area contributed by atoms with Crippen LogP contribution in [-0.4, -0.2) is 42.0 Å². The number of benzene rings is 1. The van der Waals surface area contributed by atoms with Crippen LogP contribution >= 0.6 is 0 Å². The van der Waals surface area contributed by atoms with Gasteiger partial charge in [-0.2, -0.15) is 5.53 Å². The van der Waals surface area contributed by atoms with Crippen molar-refractivity contribution in [3.63, 3.8) is 0 Å². The number of hydrazine groups is 2. The van der Waals surface area contributed by atoms with E-state index in [1.165, 1.54) is 16.8 Å². The summed E-state index contributed by atoms with van der Waals surface area (Å²) in [6.45, 7) is 6.01. The maximum atomic E-state index is 13.1. The summed E-state index contributed by atoms with van der Waals surface area (Å²) in [5, 5.41) is 3.65.